The molecule has 0 bridgehead atoms. The zero-order valence-electron chi connectivity index (χ0n) is 9.93. The van der Waals surface area contributed by atoms with Gasteiger partial charge >= 0.3 is 0 Å². The number of hydrogen-bond acceptors (Lipinski definition) is 2. The quantitative estimate of drug-likeness (QED) is 0.903. The maximum Gasteiger partial charge on any atom is 0.165 e. The van der Waals surface area contributed by atoms with Crippen LogP contribution in [0.15, 0.2) is 16.6 Å². The van der Waals surface area contributed by atoms with Gasteiger partial charge in [0.05, 0.1) is 7.11 Å². The van der Waals surface area contributed by atoms with Crippen LogP contribution < -0.4 is 10.5 Å². The predicted octanol–water partition coefficient (Wildman–Crippen LogP) is 3.71. The van der Waals surface area contributed by atoms with Crippen molar-refractivity contribution < 1.29 is 9.13 Å². The van der Waals surface area contributed by atoms with E-state index in [0.717, 1.165) is 35.7 Å². The first kappa shape index (κ1) is 12.8. The van der Waals surface area contributed by atoms with E-state index >= 15 is 0 Å². The van der Waals surface area contributed by atoms with E-state index in [-0.39, 0.29) is 11.6 Å². The lowest BCUT2D eigenvalue weighted by atomic mass is 9.77. The predicted molar refractivity (Wildman–Crippen MR) is 69.6 cm³/mol. The first-order chi connectivity index (χ1) is 8.08. The maximum absolute atomic E-state index is 13.8. The molecule has 0 aliphatic heterocycles. The van der Waals surface area contributed by atoms with Gasteiger partial charge in [0.2, 0.25) is 0 Å². The van der Waals surface area contributed by atoms with Crippen molar-refractivity contribution in [3.63, 3.8) is 0 Å². The van der Waals surface area contributed by atoms with Crippen LogP contribution >= 0.6 is 15.9 Å². The summed E-state index contributed by atoms with van der Waals surface area (Å²) in [5.41, 5.74) is 6.76. The van der Waals surface area contributed by atoms with Gasteiger partial charge in [0.25, 0.3) is 0 Å². The molecule has 0 saturated heterocycles. The molecular weight excluding hydrogens is 285 g/mol. The van der Waals surface area contributed by atoms with Crippen molar-refractivity contribution in [2.24, 2.45) is 5.73 Å². The molecule has 1 aromatic rings. The van der Waals surface area contributed by atoms with Gasteiger partial charge in [-0.1, -0.05) is 35.2 Å². The zero-order chi connectivity index (χ0) is 12.5. The van der Waals surface area contributed by atoms with E-state index in [1.807, 2.05) is 0 Å². The Bertz CT molecular complexity index is 416. The fourth-order valence-corrected chi connectivity index (χ4v) is 3.34. The Morgan fingerprint density at radius 2 is 1.94 bits per heavy atom. The third-order valence-electron chi connectivity index (χ3n) is 3.51. The van der Waals surface area contributed by atoms with E-state index < -0.39 is 5.54 Å². The second kappa shape index (κ2) is 4.94. The number of halogens is 2. The van der Waals surface area contributed by atoms with Gasteiger partial charge in [-0.05, 0) is 25.0 Å². The Morgan fingerprint density at radius 1 is 1.29 bits per heavy atom. The minimum Gasteiger partial charge on any atom is -0.493 e. The summed E-state index contributed by atoms with van der Waals surface area (Å²) < 4.78 is 19.8. The fourth-order valence-electron chi connectivity index (χ4n) is 2.63. The molecule has 1 saturated carbocycles. The van der Waals surface area contributed by atoms with E-state index in [4.69, 9.17) is 10.5 Å². The minimum atomic E-state index is -0.468. The number of ether oxygens (including phenoxy) is 1. The van der Waals surface area contributed by atoms with Crippen LogP contribution in [0.5, 0.6) is 5.75 Å². The highest BCUT2D eigenvalue weighted by molar-refractivity contribution is 9.10. The third-order valence-corrected chi connectivity index (χ3v) is 4.17. The Kier molecular flexibility index (Phi) is 3.73. The molecular formula is C13H17BrFNO. The van der Waals surface area contributed by atoms with Gasteiger partial charge in [0.15, 0.2) is 11.6 Å². The van der Waals surface area contributed by atoms with Gasteiger partial charge < -0.3 is 10.5 Å². The number of rotatable bonds is 2. The Hall–Kier alpha value is -0.610. The highest BCUT2D eigenvalue weighted by Gasteiger charge is 2.35. The number of nitrogens with two attached hydrogens (primary N) is 1. The average Bonchev–Trinajstić information content (AvgIpc) is 2.32. The highest BCUT2D eigenvalue weighted by Crippen LogP contribution is 2.43. The van der Waals surface area contributed by atoms with E-state index in [1.165, 1.54) is 19.6 Å². The van der Waals surface area contributed by atoms with Crippen molar-refractivity contribution in [3.05, 3.63) is 28.0 Å². The Labute approximate surface area is 109 Å². The topological polar surface area (TPSA) is 35.2 Å². The lowest BCUT2D eigenvalue weighted by Gasteiger charge is -2.35. The molecule has 0 amide bonds. The maximum atomic E-state index is 13.8. The summed E-state index contributed by atoms with van der Waals surface area (Å²) in [6, 6.07) is 3.11. The highest BCUT2D eigenvalue weighted by atomic mass is 79.9. The first-order valence-electron chi connectivity index (χ1n) is 5.90. The monoisotopic (exact) mass is 301 g/mol. The molecule has 17 heavy (non-hydrogen) atoms. The summed E-state index contributed by atoms with van der Waals surface area (Å²) >= 11 is 3.47. The molecule has 0 aromatic heterocycles. The molecule has 1 aromatic carbocycles. The molecule has 1 fully saturated rings. The average molecular weight is 302 g/mol. The first-order valence-corrected chi connectivity index (χ1v) is 6.69. The SMILES string of the molecule is COc1c(F)ccc(Br)c1C1(N)CCCCC1. The lowest BCUT2D eigenvalue weighted by molar-refractivity contribution is 0.283. The van der Waals surface area contributed by atoms with Gasteiger partial charge in [-0.15, -0.1) is 0 Å². The van der Waals surface area contributed by atoms with E-state index in [9.17, 15) is 4.39 Å². The van der Waals surface area contributed by atoms with Gasteiger partial charge in [-0.25, -0.2) is 4.39 Å². The van der Waals surface area contributed by atoms with Gasteiger partial charge in [-0.3, -0.25) is 0 Å². The van der Waals surface area contributed by atoms with E-state index in [1.54, 1.807) is 6.07 Å². The second-order valence-electron chi connectivity index (χ2n) is 4.65. The molecule has 94 valence electrons. The lowest BCUT2D eigenvalue weighted by Crippen LogP contribution is -2.39. The summed E-state index contributed by atoms with van der Waals surface area (Å²) in [6.45, 7) is 0. The van der Waals surface area contributed by atoms with Gasteiger partial charge in [0.1, 0.15) is 0 Å². The summed E-state index contributed by atoms with van der Waals surface area (Å²) in [6.07, 6.45) is 5.14. The third kappa shape index (κ3) is 2.33. The number of methoxy groups -OCH3 is 1. The smallest absolute Gasteiger partial charge is 0.165 e. The van der Waals surface area contributed by atoms with Crippen molar-refractivity contribution in [2.75, 3.05) is 7.11 Å². The Balaban J connectivity index is 2.52. The van der Waals surface area contributed by atoms with Crippen molar-refractivity contribution in [1.29, 1.82) is 0 Å². The van der Waals surface area contributed by atoms with Gasteiger partial charge in [-0.2, -0.15) is 0 Å². The normalized spacial score (nSPS) is 19.1. The van der Waals surface area contributed by atoms with Crippen molar-refractivity contribution in [3.8, 4) is 5.75 Å². The van der Waals surface area contributed by atoms with Crippen LogP contribution in [0.25, 0.3) is 0 Å². The standard InChI is InChI=1S/C13H17BrFNO/c1-17-12-10(15)6-5-9(14)11(12)13(16)7-3-2-4-8-13/h5-6H,2-4,7-8,16H2,1H3. The van der Waals surface area contributed by atoms with Crippen molar-refractivity contribution in [1.82, 2.24) is 0 Å². The van der Waals surface area contributed by atoms with Crippen molar-refractivity contribution >= 4 is 15.9 Å². The summed E-state index contributed by atoms with van der Waals surface area (Å²) in [4.78, 5) is 0. The number of hydrogen-bond donors (Lipinski definition) is 1. The zero-order valence-corrected chi connectivity index (χ0v) is 11.5. The van der Waals surface area contributed by atoms with Crippen molar-refractivity contribution in [2.45, 2.75) is 37.6 Å². The largest absolute Gasteiger partial charge is 0.493 e. The molecule has 1 aliphatic rings. The molecule has 0 unspecified atom stereocenters. The van der Waals surface area contributed by atoms with Crippen LogP contribution in [0.1, 0.15) is 37.7 Å². The molecule has 2 rings (SSSR count). The van der Waals surface area contributed by atoms with Crippen LogP contribution in [0.3, 0.4) is 0 Å². The molecule has 0 spiro atoms. The van der Waals surface area contributed by atoms with Crippen LogP contribution in [0.2, 0.25) is 0 Å². The van der Waals surface area contributed by atoms with Crippen LogP contribution in [0.4, 0.5) is 4.39 Å². The fraction of sp³-hybridized carbons (Fsp3) is 0.538. The molecule has 0 heterocycles. The minimum absolute atomic E-state index is 0.281. The Morgan fingerprint density at radius 3 is 2.53 bits per heavy atom. The van der Waals surface area contributed by atoms with Crippen LogP contribution in [-0.4, -0.2) is 7.11 Å². The molecule has 0 atom stereocenters. The second-order valence-corrected chi connectivity index (χ2v) is 5.51. The molecule has 1 aliphatic carbocycles. The molecule has 2 N–H and O–H groups in total. The molecule has 2 nitrogen and oxygen atoms in total. The molecule has 0 radical (unpaired) electrons. The summed E-state index contributed by atoms with van der Waals surface area (Å²) in [5, 5.41) is 0. The van der Waals surface area contributed by atoms with E-state index in [0.29, 0.717) is 0 Å². The number of benzene rings is 1. The molecule has 4 heteroatoms. The van der Waals surface area contributed by atoms with Crippen LogP contribution in [-0.2, 0) is 5.54 Å². The summed E-state index contributed by atoms with van der Waals surface area (Å²) in [5.74, 6) is -0.0649. The summed E-state index contributed by atoms with van der Waals surface area (Å²) in [7, 11) is 1.49. The van der Waals surface area contributed by atoms with Crippen LogP contribution in [0, 0.1) is 5.82 Å². The van der Waals surface area contributed by atoms with Gasteiger partial charge in [0, 0.05) is 15.6 Å². The van der Waals surface area contributed by atoms with E-state index in [2.05, 4.69) is 15.9 Å².